The summed E-state index contributed by atoms with van der Waals surface area (Å²) in [5.41, 5.74) is 2.01. The van der Waals surface area contributed by atoms with Gasteiger partial charge in [0, 0.05) is 5.54 Å². The van der Waals surface area contributed by atoms with E-state index in [-0.39, 0.29) is 17.5 Å². The molecule has 4 fully saturated rings. The lowest BCUT2D eigenvalue weighted by atomic mass is 9.53. The highest BCUT2D eigenvalue weighted by Gasteiger charge is 2.51. The maximum Gasteiger partial charge on any atom is 0.257 e. The SMILES string of the molecule is CCC1CC(c2ccccc2)Nc2c(C(=O)NC34CC5CC(CC(C5)C3)C4)cnn21. The summed E-state index contributed by atoms with van der Waals surface area (Å²) in [6.45, 7) is 2.21. The Morgan fingerprint density at radius 1 is 1.10 bits per heavy atom. The van der Waals surface area contributed by atoms with Gasteiger partial charge in [-0.3, -0.25) is 4.79 Å². The number of aromatic nitrogens is 2. The van der Waals surface area contributed by atoms with Gasteiger partial charge in [0.2, 0.25) is 0 Å². The van der Waals surface area contributed by atoms with E-state index in [2.05, 4.69) is 53.0 Å². The molecule has 2 N–H and O–H groups in total. The Hall–Kier alpha value is -2.30. The molecule has 1 amide bonds. The highest BCUT2D eigenvalue weighted by atomic mass is 16.1. The third-order valence-electron chi connectivity index (χ3n) is 8.29. The predicted octanol–water partition coefficient (Wildman–Crippen LogP) is 5.09. The van der Waals surface area contributed by atoms with Crippen LogP contribution in [0.2, 0.25) is 0 Å². The molecule has 0 saturated heterocycles. The molecule has 4 aliphatic carbocycles. The summed E-state index contributed by atoms with van der Waals surface area (Å²) in [7, 11) is 0. The number of fused-ring (bicyclic) bond motifs is 1. The summed E-state index contributed by atoms with van der Waals surface area (Å²) in [6, 6.07) is 11.1. The lowest BCUT2D eigenvalue weighted by Crippen LogP contribution is -2.59. The summed E-state index contributed by atoms with van der Waals surface area (Å²) in [5, 5.41) is 11.8. The molecule has 0 radical (unpaired) electrons. The molecule has 2 unspecified atom stereocenters. The first-order chi connectivity index (χ1) is 14.6. The Labute approximate surface area is 178 Å². The van der Waals surface area contributed by atoms with Gasteiger partial charge in [-0.2, -0.15) is 5.10 Å². The highest BCUT2D eigenvalue weighted by molar-refractivity contribution is 5.99. The zero-order chi connectivity index (χ0) is 20.3. The Kier molecular flexibility index (Phi) is 4.22. The van der Waals surface area contributed by atoms with Crippen molar-refractivity contribution >= 4 is 11.7 Å². The fourth-order valence-electron chi connectivity index (χ4n) is 7.36. The minimum atomic E-state index is 0.0261. The molecule has 4 saturated carbocycles. The molecule has 5 heteroatoms. The van der Waals surface area contributed by atoms with E-state index in [0.717, 1.165) is 36.4 Å². The van der Waals surface area contributed by atoms with Gasteiger partial charge in [0.15, 0.2) is 0 Å². The van der Waals surface area contributed by atoms with Crippen molar-refractivity contribution < 1.29 is 4.79 Å². The Morgan fingerprint density at radius 2 is 1.77 bits per heavy atom. The summed E-state index contributed by atoms with van der Waals surface area (Å²) >= 11 is 0. The first-order valence-corrected chi connectivity index (χ1v) is 11.8. The summed E-state index contributed by atoms with van der Waals surface area (Å²) < 4.78 is 2.05. The van der Waals surface area contributed by atoms with E-state index in [1.807, 2.05) is 4.68 Å². The zero-order valence-corrected chi connectivity index (χ0v) is 17.8. The number of nitrogens with one attached hydrogen (secondary N) is 2. The first kappa shape index (κ1) is 18.5. The van der Waals surface area contributed by atoms with Gasteiger partial charge < -0.3 is 10.6 Å². The average molecular weight is 405 g/mol. The van der Waals surface area contributed by atoms with Crippen molar-refractivity contribution in [3.63, 3.8) is 0 Å². The van der Waals surface area contributed by atoms with Crippen LogP contribution in [0.25, 0.3) is 0 Å². The van der Waals surface area contributed by atoms with Gasteiger partial charge in [0.05, 0.1) is 18.3 Å². The lowest BCUT2D eigenvalue weighted by molar-refractivity contribution is -0.0166. The third kappa shape index (κ3) is 2.97. The smallest absolute Gasteiger partial charge is 0.257 e. The van der Waals surface area contributed by atoms with Gasteiger partial charge in [-0.05, 0) is 74.7 Å². The molecular formula is C25H32N4O. The molecule has 4 bridgehead atoms. The molecule has 158 valence electrons. The van der Waals surface area contributed by atoms with Crippen LogP contribution in [0.4, 0.5) is 5.82 Å². The van der Waals surface area contributed by atoms with Crippen LogP contribution in [0.15, 0.2) is 36.5 Å². The molecule has 2 aromatic rings. The predicted molar refractivity (Wildman–Crippen MR) is 117 cm³/mol. The Balaban J connectivity index is 1.28. The third-order valence-corrected chi connectivity index (χ3v) is 8.29. The number of carbonyl (C=O) groups excluding carboxylic acids is 1. The van der Waals surface area contributed by atoms with Crippen LogP contribution in [0.3, 0.4) is 0 Å². The maximum atomic E-state index is 13.5. The fraction of sp³-hybridized carbons (Fsp3) is 0.600. The second-order valence-corrected chi connectivity index (χ2v) is 10.4. The molecule has 7 rings (SSSR count). The van der Waals surface area contributed by atoms with E-state index in [9.17, 15) is 4.79 Å². The van der Waals surface area contributed by atoms with Crippen molar-refractivity contribution in [2.75, 3.05) is 5.32 Å². The van der Waals surface area contributed by atoms with Crippen molar-refractivity contribution in [3.8, 4) is 0 Å². The minimum absolute atomic E-state index is 0.0261. The quantitative estimate of drug-likeness (QED) is 0.746. The second-order valence-electron chi connectivity index (χ2n) is 10.4. The number of anilines is 1. The second kappa shape index (κ2) is 6.86. The topological polar surface area (TPSA) is 59.0 Å². The number of benzene rings is 1. The van der Waals surface area contributed by atoms with Crippen LogP contribution < -0.4 is 10.6 Å². The summed E-state index contributed by atoms with van der Waals surface area (Å²) in [6.07, 6.45) is 11.5. The van der Waals surface area contributed by atoms with E-state index in [1.165, 1.54) is 44.1 Å². The normalized spacial score (nSPS) is 36.2. The van der Waals surface area contributed by atoms with E-state index in [4.69, 9.17) is 0 Å². The average Bonchev–Trinajstić information content (AvgIpc) is 3.16. The fourth-order valence-corrected chi connectivity index (χ4v) is 7.36. The number of amides is 1. The van der Waals surface area contributed by atoms with Crippen molar-refractivity contribution in [2.24, 2.45) is 17.8 Å². The van der Waals surface area contributed by atoms with Gasteiger partial charge in [0.25, 0.3) is 5.91 Å². The zero-order valence-electron chi connectivity index (χ0n) is 17.8. The monoisotopic (exact) mass is 404 g/mol. The largest absolute Gasteiger partial charge is 0.363 e. The Bertz CT molecular complexity index is 914. The lowest BCUT2D eigenvalue weighted by Gasteiger charge is -2.56. The van der Waals surface area contributed by atoms with Crippen LogP contribution in [0.5, 0.6) is 0 Å². The Morgan fingerprint density at radius 3 is 2.40 bits per heavy atom. The molecule has 5 aliphatic rings. The van der Waals surface area contributed by atoms with E-state index in [0.29, 0.717) is 11.6 Å². The molecule has 1 aliphatic heterocycles. The molecule has 2 atom stereocenters. The van der Waals surface area contributed by atoms with E-state index in [1.54, 1.807) is 6.20 Å². The standard InChI is InChI=1S/C25H32N4O/c1-2-20-11-22(19-6-4-3-5-7-19)27-23-21(15-26-29(20)23)24(30)28-25-12-16-8-17(13-25)10-18(9-16)14-25/h3-7,15-18,20,22,27H,2,8-14H2,1H3,(H,28,30). The van der Waals surface area contributed by atoms with E-state index >= 15 is 0 Å². The van der Waals surface area contributed by atoms with Gasteiger partial charge in [-0.1, -0.05) is 37.3 Å². The minimum Gasteiger partial charge on any atom is -0.363 e. The highest BCUT2D eigenvalue weighted by Crippen LogP contribution is 2.55. The van der Waals surface area contributed by atoms with Crippen molar-refractivity contribution in [1.29, 1.82) is 0 Å². The molecule has 30 heavy (non-hydrogen) atoms. The van der Waals surface area contributed by atoms with Crippen molar-refractivity contribution in [1.82, 2.24) is 15.1 Å². The van der Waals surface area contributed by atoms with Gasteiger partial charge in [-0.15, -0.1) is 0 Å². The van der Waals surface area contributed by atoms with Crippen LogP contribution in [-0.2, 0) is 0 Å². The van der Waals surface area contributed by atoms with Crippen LogP contribution in [-0.4, -0.2) is 21.2 Å². The molecule has 0 spiro atoms. The van der Waals surface area contributed by atoms with Crippen LogP contribution in [0.1, 0.15) is 86.3 Å². The molecule has 5 nitrogen and oxygen atoms in total. The maximum absolute atomic E-state index is 13.5. The molecule has 1 aromatic heterocycles. The van der Waals surface area contributed by atoms with Gasteiger partial charge in [0.1, 0.15) is 11.4 Å². The van der Waals surface area contributed by atoms with E-state index < -0.39 is 0 Å². The van der Waals surface area contributed by atoms with Crippen molar-refractivity contribution in [3.05, 3.63) is 47.7 Å². The summed E-state index contributed by atoms with van der Waals surface area (Å²) in [4.78, 5) is 13.5. The number of nitrogens with zero attached hydrogens (tertiary/aromatic N) is 2. The van der Waals surface area contributed by atoms with Gasteiger partial charge >= 0.3 is 0 Å². The number of hydrogen-bond acceptors (Lipinski definition) is 3. The molecule has 1 aromatic carbocycles. The number of rotatable bonds is 4. The van der Waals surface area contributed by atoms with Crippen molar-refractivity contribution in [2.45, 2.75) is 75.9 Å². The summed E-state index contributed by atoms with van der Waals surface area (Å²) in [5.74, 6) is 3.42. The van der Waals surface area contributed by atoms with Crippen LogP contribution in [0, 0.1) is 17.8 Å². The van der Waals surface area contributed by atoms with Gasteiger partial charge in [-0.25, -0.2) is 4.68 Å². The molecule has 2 heterocycles. The number of hydrogen-bond donors (Lipinski definition) is 2. The first-order valence-electron chi connectivity index (χ1n) is 11.8. The van der Waals surface area contributed by atoms with Crippen LogP contribution >= 0.6 is 0 Å². The molecular weight excluding hydrogens is 372 g/mol. The number of carbonyl (C=O) groups is 1.